The van der Waals surface area contributed by atoms with E-state index in [9.17, 15) is 4.79 Å². The van der Waals surface area contributed by atoms with Crippen LogP contribution in [-0.4, -0.2) is 19.1 Å². The molecule has 0 unspecified atom stereocenters. The third-order valence-corrected chi connectivity index (χ3v) is 2.78. The lowest BCUT2D eigenvalue weighted by molar-refractivity contribution is -0.122. The van der Waals surface area contributed by atoms with Crippen molar-refractivity contribution in [3.05, 3.63) is 54.6 Å². The third kappa shape index (κ3) is 3.51. The molecule has 2 aromatic rings. The molecule has 2 rings (SSSR count). The van der Waals surface area contributed by atoms with Gasteiger partial charge < -0.3 is 14.8 Å². The number of benzene rings is 2. The van der Waals surface area contributed by atoms with E-state index in [4.69, 9.17) is 9.47 Å². The van der Waals surface area contributed by atoms with Gasteiger partial charge in [0.25, 0.3) is 5.91 Å². The molecule has 1 amide bonds. The van der Waals surface area contributed by atoms with Crippen molar-refractivity contribution in [2.24, 2.45) is 0 Å². The second kappa shape index (κ2) is 6.61. The maximum absolute atomic E-state index is 12.0. The summed E-state index contributed by atoms with van der Waals surface area (Å²) in [5, 5.41) is 2.79. The third-order valence-electron chi connectivity index (χ3n) is 2.78. The van der Waals surface area contributed by atoms with E-state index in [2.05, 4.69) is 5.32 Å². The van der Waals surface area contributed by atoms with Crippen LogP contribution in [0.1, 0.15) is 6.92 Å². The minimum absolute atomic E-state index is 0.206. The normalized spacial score (nSPS) is 11.5. The average molecular weight is 271 g/mol. The monoisotopic (exact) mass is 271 g/mol. The fourth-order valence-electron chi connectivity index (χ4n) is 1.73. The van der Waals surface area contributed by atoms with Crippen molar-refractivity contribution in [1.29, 1.82) is 0 Å². The standard InChI is InChI=1S/C16H17NO3/c1-12(16(18)17-13-8-4-3-5-9-13)20-15-11-7-6-10-14(15)19-2/h3-12H,1-2H3,(H,17,18)/t12-/m1/s1. The predicted octanol–water partition coefficient (Wildman–Crippen LogP) is 3.10. The van der Waals surface area contributed by atoms with E-state index in [1.54, 1.807) is 26.2 Å². The molecule has 0 bridgehead atoms. The Morgan fingerprint density at radius 2 is 1.60 bits per heavy atom. The van der Waals surface area contributed by atoms with Crippen LogP contribution >= 0.6 is 0 Å². The lowest BCUT2D eigenvalue weighted by Crippen LogP contribution is -2.30. The molecule has 4 nitrogen and oxygen atoms in total. The molecule has 0 saturated carbocycles. The molecular weight excluding hydrogens is 254 g/mol. The Bertz CT molecular complexity index is 569. The molecule has 1 N–H and O–H groups in total. The molecule has 0 aromatic heterocycles. The summed E-state index contributed by atoms with van der Waals surface area (Å²) in [6.07, 6.45) is -0.619. The van der Waals surface area contributed by atoms with E-state index >= 15 is 0 Å². The first kappa shape index (κ1) is 13.9. The van der Waals surface area contributed by atoms with Gasteiger partial charge in [0.2, 0.25) is 0 Å². The zero-order chi connectivity index (χ0) is 14.4. The number of carbonyl (C=O) groups excluding carboxylic acids is 1. The number of ether oxygens (including phenoxy) is 2. The van der Waals surface area contributed by atoms with Gasteiger partial charge in [0.15, 0.2) is 17.6 Å². The second-order valence-corrected chi connectivity index (χ2v) is 4.27. The highest BCUT2D eigenvalue weighted by molar-refractivity contribution is 5.94. The Kier molecular flexibility index (Phi) is 4.60. The van der Waals surface area contributed by atoms with E-state index in [-0.39, 0.29) is 5.91 Å². The summed E-state index contributed by atoms with van der Waals surface area (Å²) in [4.78, 5) is 12.0. The first-order chi connectivity index (χ1) is 9.70. The van der Waals surface area contributed by atoms with E-state index in [0.29, 0.717) is 11.5 Å². The smallest absolute Gasteiger partial charge is 0.265 e. The maximum atomic E-state index is 12.0. The quantitative estimate of drug-likeness (QED) is 0.909. The average Bonchev–Trinajstić information content (AvgIpc) is 2.48. The second-order valence-electron chi connectivity index (χ2n) is 4.27. The summed E-state index contributed by atoms with van der Waals surface area (Å²) in [5.41, 5.74) is 0.743. The lowest BCUT2D eigenvalue weighted by atomic mass is 10.3. The molecule has 0 aliphatic rings. The summed E-state index contributed by atoms with van der Waals surface area (Å²) in [7, 11) is 1.57. The topological polar surface area (TPSA) is 47.6 Å². The van der Waals surface area contributed by atoms with Crippen LogP contribution in [0.15, 0.2) is 54.6 Å². The molecule has 0 heterocycles. The van der Waals surface area contributed by atoms with Crippen LogP contribution < -0.4 is 14.8 Å². The van der Waals surface area contributed by atoms with E-state index in [1.807, 2.05) is 42.5 Å². The van der Waals surface area contributed by atoms with Crippen molar-refractivity contribution in [2.75, 3.05) is 12.4 Å². The number of amides is 1. The molecule has 0 spiro atoms. The predicted molar refractivity (Wildman–Crippen MR) is 78.2 cm³/mol. The fourth-order valence-corrected chi connectivity index (χ4v) is 1.73. The van der Waals surface area contributed by atoms with Gasteiger partial charge in [-0.1, -0.05) is 30.3 Å². The van der Waals surface area contributed by atoms with Gasteiger partial charge in [-0.05, 0) is 31.2 Å². The highest BCUT2D eigenvalue weighted by atomic mass is 16.5. The summed E-state index contributed by atoms with van der Waals surface area (Å²) < 4.78 is 10.8. The lowest BCUT2D eigenvalue weighted by Gasteiger charge is -2.16. The van der Waals surface area contributed by atoms with Gasteiger partial charge >= 0.3 is 0 Å². The van der Waals surface area contributed by atoms with Gasteiger partial charge in [-0.2, -0.15) is 0 Å². The molecule has 1 atom stereocenters. The zero-order valence-corrected chi connectivity index (χ0v) is 11.5. The summed E-state index contributed by atoms with van der Waals surface area (Å²) >= 11 is 0. The number of para-hydroxylation sites is 3. The molecule has 0 saturated heterocycles. The molecule has 0 aliphatic carbocycles. The number of anilines is 1. The molecule has 0 fully saturated rings. The fraction of sp³-hybridized carbons (Fsp3) is 0.188. The summed E-state index contributed by atoms with van der Waals surface area (Å²) in [6, 6.07) is 16.5. The molecule has 4 heteroatoms. The number of hydrogen-bond donors (Lipinski definition) is 1. The van der Waals surface area contributed by atoms with E-state index in [0.717, 1.165) is 5.69 Å². The van der Waals surface area contributed by atoms with Crippen LogP contribution in [0.25, 0.3) is 0 Å². The first-order valence-corrected chi connectivity index (χ1v) is 6.36. The van der Waals surface area contributed by atoms with Crippen LogP contribution in [0.3, 0.4) is 0 Å². The first-order valence-electron chi connectivity index (χ1n) is 6.36. The summed E-state index contributed by atoms with van der Waals surface area (Å²) in [6.45, 7) is 1.70. The molecule has 0 radical (unpaired) electrons. The Hall–Kier alpha value is -2.49. The van der Waals surface area contributed by atoms with Crippen molar-refractivity contribution < 1.29 is 14.3 Å². The Morgan fingerprint density at radius 3 is 2.25 bits per heavy atom. The minimum Gasteiger partial charge on any atom is -0.493 e. The number of methoxy groups -OCH3 is 1. The summed E-state index contributed by atoms with van der Waals surface area (Å²) in [5.74, 6) is 0.944. The number of hydrogen-bond acceptors (Lipinski definition) is 3. The molecular formula is C16H17NO3. The highest BCUT2D eigenvalue weighted by Crippen LogP contribution is 2.26. The number of carbonyl (C=O) groups is 1. The Balaban J connectivity index is 2.01. The van der Waals surface area contributed by atoms with E-state index < -0.39 is 6.10 Å². The molecule has 104 valence electrons. The van der Waals surface area contributed by atoms with Gasteiger partial charge in [-0.15, -0.1) is 0 Å². The Morgan fingerprint density at radius 1 is 1.00 bits per heavy atom. The maximum Gasteiger partial charge on any atom is 0.265 e. The van der Waals surface area contributed by atoms with Gasteiger partial charge in [0, 0.05) is 5.69 Å². The van der Waals surface area contributed by atoms with Crippen molar-refractivity contribution in [2.45, 2.75) is 13.0 Å². The zero-order valence-electron chi connectivity index (χ0n) is 11.5. The molecule has 2 aromatic carbocycles. The molecule has 0 aliphatic heterocycles. The van der Waals surface area contributed by atoms with Gasteiger partial charge in [0.05, 0.1) is 7.11 Å². The Labute approximate surface area is 118 Å². The number of nitrogens with one attached hydrogen (secondary N) is 1. The van der Waals surface area contributed by atoms with Crippen molar-refractivity contribution in [3.8, 4) is 11.5 Å². The van der Waals surface area contributed by atoms with Gasteiger partial charge in [-0.3, -0.25) is 4.79 Å². The minimum atomic E-state index is -0.619. The van der Waals surface area contributed by atoms with Gasteiger partial charge in [0.1, 0.15) is 0 Å². The van der Waals surface area contributed by atoms with Crippen LogP contribution in [0.5, 0.6) is 11.5 Å². The van der Waals surface area contributed by atoms with Gasteiger partial charge in [-0.25, -0.2) is 0 Å². The highest BCUT2D eigenvalue weighted by Gasteiger charge is 2.16. The number of rotatable bonds is 5. The van der Waals surface area contributed by atoms with Crippen LogP contribution in [0.2, 0.25) is 0 Å². The SMILES string of the molecule is COc1ccccc1O[C@H](C)C(=O)Nc1ccccc1. The van der Waals surface area contributed by atoms with Crippen LogP contribution in [-0.2, 0) is 4.79 Å². The van der Waals surface area contributed by atoms with Crippen LogP contribution in [0, 0.1) is 0 Å². The molecule has 20 heavy (non-hydrogen) atoms. The van der Waals surface area contributed by atoms with Crippen molar-refractivity contribution >= 4 is 11.6 Å². The van der Waals surface area contributed by atoms with Crippen LogP contribution in [0.4, 0.5) is 5.69 Å². The van der Waals surface area contributed by atoms with Crippen molar-refractivity contribution in [1.82, 2.24) is 0 Å². The van der Waals surface area contributed by atoms with E-state index in [1.165, 1.54) is 0 Å². The van der Waals surface area contributed by atoms with Crippen molar-refractivity contribution in [3.63, 3.8) is 0 Å². The largest absolute Gasteiger partial charge is 0.493 e.